The number of amides is 1. The molecule has 1 N–H and O–H groups in total. The van der Waals surface area contributed by atoms with Crippen LogP contribution in [0.25, 0.3) is 0 Å². The summed E-state index contributed by atoms with van der Waals surface area (Å²) in [5.74, 6) is 0.869. The molecule has 8 heteroatoms. The number of ether oxygens (including phenoxy) is 2. The maximum atomic E-state index is 12.9. The molecule has 0 aromatic heterocycles. The average Bonchev–Trinajstić information content (AvgIpc) is 2.75. The van der Waals surface area contributed by atoms with E-state index in [9.17, 15) is 13.2 Å². The fourth-order valence-electron chi connectivity index (χ4n) is 3.36. The van der Waals surface area contributed by atoms with Crippen LogP contribution in [0.3, 0.4) is 0 Å². The first kappa shape index (κ1) is 21.1. The van der Waals surface area contributed by atoms with Crippen molar-refractivity contribution in [2.24, 2.45) is 5.92 Å². The van der Waals surface area contributed by atoms with Crippen molar-refractivity contribution in [1.82, 2.24) is 4.31 Å². The molecule has 7 nitrogen and oxygen atoms in total. The lowest BCUT2D eigenvalue weighted by molar-refractivity contribution is -0.120. The number of sulfonamides is 1. The number of methoxy groups -OCH3 is 1. The second kappa shape index (κ2) is 9.28. The molecule has 1 fully saturated rings. The number of hydrogen-bond acceptors (Lipinski definition) is 5. The Kier molecular flexibility index (Phi) is 6.76. The average molecular weight is 419 g/mol. The van der Waals surface area contributed by atoms with Crippen molar-refractivity contribution in [3.8, 4) is 11.5 Å². The van der Waals surface area contributed by atoms with Crippen LogP contribution < -0.4 is 14.8 Å². The number of nitrogens with one attached hydrogen (secondary N) is 1. The maximum absolute atomic E-state index is 12.9. The van der Waals surface area contributed by atoms with Crippen LogP contribution in [0.4, 0.5) is 5.69 Å². The van der Waals surface area contributed by atoms with Gasteiger partial charge in [-0.2, -0.15) is 4.31 Å². The first-order valence-corrected chi connectivity index (χ1v) is 11.1. The van der Waals surface area contributed by atoms with E-state index in [1.54, 1.807) is 43.5 Å². The van der Waals surface area contributed by atoms with Gasteiger partial charge in [0.05, 0.1) is 24.3 Å². The molecule has 1 aliphatic rings. The second-order valence-corrected chi connectivity index (χ2v) is 8.71. The lowest BCUT2D eigenvalue weighted by Gasteiger charge is -2.30. The Labute approximate surface area is 171 Å². The van der Waals surface area contributed by atoms with Crippen LogP contribution in [0.1, 0.15) is 19.8 Å². The summed E-state index contributed by atoms with van der Waals surface area (Å²) in [5, 5.41) is 2.89. The highest BCUT2D eigenvalue weighted by atomic mass is 32.2. The summed E-state index contributed by atoms with van der Waals surface area (Å²) in [7, 11) is -2.04. The molecule has 3 rings (SSSR count). The summed E-state index contributed by atoms with van der Waals surface area (Å²) in [6.07, 6.45) is 0.939. The highest BCUT2D eigenvalue weighted by molar-refractivity contribution is 7.89. The van der Waals surface area contributed by atoms with Crippen molar-refractivity contribution >= 4 is 21.6 Å². The number of rotatable bonds is 7. The van der Waals surface area contributed by atoms with E-state index in [0.29, 0.717) is 49.7 Å². The topological polar surface area (TPSA) is 84.9 Å². The van der Waals surface area contributed by atoms with Gasteiger partial charge < -0.3 is 14.8 Å². The van der Waals surface area contributed by atoms with Crippen molar-refractivity contribution in [3.63, 3.8) is 0 Å². The molecular weight excluding hydrogens is 392 g/mol. The zero-order valence-electron chi connectivity index (χ0n) is 16.6. The van der Waals surface area contributed by atoms with Gasteiger partial charge in [0.2, 0.25) is 15.9 Å². The molecule has 0 aliphatic carbocycles. The number of hydrogen-bond donors (Lipinski definition) is 1. The fourth-order valence-corrected chi connectivity index (χ4v) is 4.83. The van der Waals surface area contributed by atoms with E-state index in [-0.39, 0.29) is 16.7 Å². The molecule has 0 radical (unpaired) electrons. The minimum atomic E-state index is -3.59. The summed E-state index contributed by atoms with van der Waals surface area (Å²) in [4.78, 5) is 12.8. The number of anilines is 1. The molecule has 0 atom stereocenters. The predicted molar refractivity (Wildman–Crippen MR) is 111 cm³/mol. The largest absolute Gasteiger partial charge is 0.495 e. The van der Waals surface area contributed by atoms with Gasteiger partial charge in [0.25, 0.3) is 0 Å². The number of para-hydroxylation sites is 2. The van der Waals surface area contributed by atoms with Gasteiger partial charge >= 0.3 is 0 Å². The van der Waals surface area contributed by atoms with Crippen LogP contribution in [0.2, 0.25) is 0 Å². The summed E-state index contributed by atoms with van der Waals surface area (Å²) in [6.45, 7) is 3.01. The minimum absolute atomic E-state index is 0.118. The quantitative estimate of drug-likeness (QED) is 0.747. The lowest BCUT2D eigenvalue weighted by atomic mass is 9.97. The number of piperidine rings is 1. The van der Waals surface area contributed by atoms with Crippen molar-refractivity contribution in [2.75, 3.05) is 32.1 Å². The Morgan fingerprint density at radius 3 is 2.38 bits per heavy atom. The van der Waals surface area contributed by atoms with Crippen molar-refractivity contribution in [1.29, 1.82) is 0 Å². The third-order valence-corrected chi connectivity index (χ3v) is 6.87. The molecule has 0 saturated carbocycles. The van der Waals surface area contributed by atoms with E-state index < -0.39 is 10.0 Å². The highest BCUT2D eigenvalue weighted by Gasteiger charge is 2.32. The number of carbonyl (C=O) groups excluding carboxylic acids is 1. The summed E-state index contributed by atoms with van der Waals surface area (Å²) < 4.78 is 37.8. The van der Waals surface area contributed by atoms with Gasteiger partial charge in [0.1, 0.15) is 11.5 Å². The Balaban J connectivity index is 1.61. The van der Waals surface area contributed by atoms with Gasteiger partial charge in [-0.3, -0.25) is 4.79 Å². The molecule has 1 heterocycles. The van der Waals surface area contributed by atoms with Gasteiger partial charge in [-0.15, -0.1) is 0 Å². The Hall–Kier alpha value is -2.58. The van der Waals surface area contributed by atoms with E-state index in [0.717, 1.165) is 0 Å². The fraction of sp³-hybridized carbons (Fsp3) is 0.381. The van der Waals surface area contributed by atoms with Gasteiger partial charge in [-0.05, 0) is 56.2 Å². The molecule has 1 aliphatic heterocycles. The molecule has 1 amide bonds. The Morgan fingerprint density at radius 1 is 1.10 bits per heavy atom. The van der Waals surface area contributed by atoms with Crippen LogP contribution in [0, 0.1) is 5.92 Å². The van der Waals surface area contributed by atoms with E-state index in [4.69, 9.17) is 9.47 Å². The van der Waals surface area contributed by atoms with Gasteiger partial charge in [-0.25, -0.2) is 8.42 Å². The van der Waals surface area contributed by atoms with Crippen molar-refractivity contribution in [2.45, 2.75) is 24.7 Å². The van der Waals surface area contributed by atoms with Crippen LogP contribution >= 0.6 is 0 Å². The van der Waals surface area contributed by atoms with Crippen molar-refractivity contribution in [3.05, 3.63) is 48.5 Å². The minimum Gasteiger partial charge on any atom is -0.495 e. The zero-order chi connectivity index (χ0) is 20.9. The zero-order valence-corrected chi connectivity index (χ0v) is 17.4. The smallest absolute Gasteiger partial charge is 0.243 e. The number of nitrogens with zero attached hydrogens (tertiary/aromatic N) is 1. The Bertz CT molecular complexity index is 936. The molecule has 0 bridgehead atoms. The molecule has 0 spiro atoms. The lowest BCUT2D eigenvalue weighted by Crippen LogP contribution is -2.41. The standard InChI is InChI=1S/C21H26N2O5S/c1-3-28-17-8-10-18(11-9-17)29(25,26)23-14-12-16(13-15-23)21(24)22-19-6-4-5-7-20(19)27-2/h4-11,16H,3,12-15H2,1-2H3,(H,22,24). The van der Waals surface area contributed by atoms with Gasteiger partial charge in [0, 0.05) is 19.0 Å². The highest BCUT2D eigenvalue weighted by Crippen LogP contribution is 2.28. The van der Waals surface area contributed by atoms with Crippen LogP contribution in [0.5, 0.6) is 11.5 Å². The monoisotopic (exact) mass is 418 g/mol. The summed E-state index contributed by atoms with van der Waals surface area (Å²) in [5.41, 5.74) is 0.615. The van der Waals surface area contributed by atoms with E-state index >= 15 is 0 Å². The maximum Gasteiger partial charge on any atom is 0.243 e. The summed E-state index contributed by atoms with van der Waals surface area (Å²) in [6, 6.07) is 13.6. The third kappa shape index (κ3) is 4.89. The first-order valence-electron chi connectivity index (χ1n) is 9.62. The SMILES string of the molecule is CCOc1ccc(S(=O)(=O)N2CCC(C(=O)Nc3ccccc3OC)CC2)cc1. The third-order valence-electron chi connectivity index (χ3n) is 4.96. The Morgan fingerprint density at radius 2 is 1.76 bits per heavy atom. The second-order valence-electron chi connectivity index (χ2n) is 6.77. The molecule has 29 heavy (non-hydrogen) atoms. The molecule has 2 aromatic rings. The van der Waals surface area contributed by atoms with Crippen LogP contribution in [0.15, 0.2) is 53.4 Å². The number of carbonyl (C=O) groups is 1. The van der Waals surface area contributed by atoms with Crippen molar-refractivity contribution < 1.29 is 22.7 Å². The molecular formula is C21H26N2O5S. The molecule has 0 unspecified atom stereocenters. The number of benzene rings is 2. The van der Waals surface area contributed by atoms with E-state index in [2.05, 4.69) is 5.32 Å². The molecule has 1 saturated heterocycles. The predicted octanol–water partition coefficient (Wildman–Crippen LogP) is 3.13. The first-order chi connectivity index (χ1) is 14.0. The van der Waals surface area contributed by atoms with E-state index in [1.165, 1.54) is 4.31 Å². The molecule has 156 valence electrons. The summed E-state index contributed by atoms with van der Waals surface area (Å²) >= 11 is 0. The van der Waals surface area contributed by atoms with Gasteiger partial charge in [0.15, 0.2) is 0 Å². The molecule has 2 aromatic carbocycles. The normalized spacial score (nSPS) is 15.7. The van der Waals surface area contributed by atoms with Crippen LogP contribution in [-0.4, -0.2) is 45.4 Å². The van der Waals surface area contributed by atoms with E-state index in [1.807, 2.05) is 19.1 Å². The van der Waals surface area contributed by atoms with Gasteiger partial charge in [-0.1, -0.05) is 12.1 Å². The van der Waals surface area contributed by atoms with Crippen LogP contribution in [-0.2, 0) is 14.8 Å².